The smallest absolute Gasteiger partial charge is 0.132 e. The maximum atomic E-state index is 10.1. The number of benzene rings is 7. The number of fused-ring (bicyclic) bond motifs is 12. The van der Waals surface area contributed by atoms with E-state index in [0.29, 0.717) is 11.0 Å². The Bertz CT molecular complexity index is 3390. The van der Waals surface area contributed by atoms with Gasteiger partial charge in [-0.3, -0.25) is 0 Å². The van der Waals surface area contributed by atoms with Crippen molar-refractivity contribution in [3.63, 3.8) is 0 Å². The van der Waals surface area contributed by atoms with Crippen LogP contribution < -0.4 is 4.74 Å². The van der Waals surface area contributed by atoms with E-state index in [4.69, 9.17) is 17.1 Å². The fourth-order valence-corrected chi connectivity index (χ4v) is 6.62. The quantitative estimate of drug-likeness (QED) is 0.195. The van der Waals surface area contributed by atoms with Crippen LogP contribution in [-0.2, 0) is 5.41 Å². The first-order valence-electron chi connectivity index (χ1n) is 23.5. The van der Waals surface area contributed by atoms with E-state index in [9.17, 15) is 13.7 Å². The van der Waals surface area contributed by atoms with Crippen LogP contribution in [0.5, 0.6) is 11.5 Å². The third-order valence-electron chi connectivity index (χ3n) is 8.43. The molecule has 0 unspecified atom stereocenters. The summed E-state index contributed by atoms with van der Waals surface area (Å²) in [7, 11) is 0. The average Bonchev–Trinajstić information content (AvgIpc) is 3.78. The summed E-state index contributed by atoms with van der Waals surface area (Å²) in [5.74, 6) is -1.45. The minimum atomic E-state index is -2.76. The third kappa shape index (κ3) is 3.23. The van der Waals surface area contributed by atoms with Crippen molar-refractivity contribution in [1.29, 1.82) is 0 Å². The zero-order valence-corrected chi connectivity index (χ0v) is 23.0. The molecule has 2 heteroatoms. The second-order valence-corrected chi connectivity index (χ2v) is 10.6. The molecule has 0 bridgehead atoms. The van der Waals surface area contributed by atoms with Crippen molar-refractivity contribution >= 4 is 21.8 Å². The number of hydrogen-bond donors (Lipinski definition) is 0. The molecule has 0 amide bonds. The molecule has 45 heavy (non-hydrogen) atoms. The summed E-state index contributed by atoms with van der Waals surface area (Å²) in [5.41, 5.74) is -6.53. The van der Waals surface area contributed by atoms with Crippen LogP contribution in [0.1, 0.15) is 48.3 Å². The van der Waals surface area contributed by atoms with Gasteiger partial charge in [0.2, 0.25) is 0 Å². The van der Waals surface area contributed by atoms with E-state index in [2.05, 4.69) is 0 Å². The van der Waals surface area contributed by atoms with E-state index < -0.39 is 176 Å². The van der Waals surface area contributed by atoms with Crippen molar-refractivity contribution in [2.45, 2.75) is 5.41 Å². The second-order valence-electron chi connectivity index (χ2n) is 10.6. The standard InChI is InChI=1S/C43H27NO/c1-5-15-35-31(11-1)32-12-2-6-16-36(32)43(35)37-17-7-10-20-41(37)45-42-26-23-29(27-38(42)43)28-21-24-30(25-22-28)44-39-18-8-3-13-33(39)34-14-4-9-19-40(34)44/h1-27H/i1D,2D,5D,6D,7D,10D,11D,12D,15D,16D,17D,20D,21D,22D,23D,24D,25D,26D,27D. The van der Waals surface area contributed by atoms with Crippen molar-refractivity contribution in [2.75, 3.05) is 0 Å². The lowest BCUT2D eigenvalue weighted by atomic mass is 9.66. The Hall–Kier alpha value is -5.86. The van der Waals surface area contributed by atoms with Gasteiger partial charge in [-0.15, -0.1) is 0 Å². The summed E-state index contributed by atoms with van der Waals surface area (Å²) in [6.45, 7) is 0. The zero-order chi connectivity index (χ0) is 46.1. The number of nitrogens with zero attached hydrogens (tertiary/aromatic N) is 1. The largest absolute Gasteiger partial charge is 0.457 e. The van der Waals surface area contributed by atoms with Gasteiger partial charge in [0.15, 0.2) is 0 Å². The van der Waals surface area contributed by atoms with Crippen LogP contribution >= 0.6 is 0 Å². The van der Waals surface area contributed by atoms with Gasteiger partial charge in [0, 0.05) is 27.6 Å². The van der Waals surface area contributed by atoms with Crippen molar-refractivity contribution in [2.24, 2.45) is 0 Å². The molecule has 1 aliphatic heterocycles. The maximum absolute atomic E-state index is 10.1. The van der Waals surface area contributed by atoms with Gasteiger partial charge < -0.3 is 9.30 Å². The van der Waals surface area contributed by atoms with Gasteiger partial charge in [-0.2, -0.15) is 0 Å². The van der Waals surface area contributed by atoms with Crippen LogP contribution in [0, 0.1) is 0 Å². The Kier molecular flexibility index (Phi) is 2.55. The van der Waals surface area contributed by atoms with E-state index in [-0.39, 0.29) is 5.69 Å². The maximum Gasteiger partial charge on any atom is 0.132 e. The summed E-state index contributed by atoms with van der Waals surface area (Å²) in [4.78, 5) is 0. The predicted octanol–water partition coefficient (Wildman–Crippen LogP) is 10.9. The van der Waals surface area contributed by atoms with E-state index >= 15 is 0 Å². The first-order chi connectivity index (χ1) is 30.2. The van der Waals surface area contributed by atoms with Gasteiger partial charge in [0.25, 0.3) is 0 Å². The van der Waals surface area contributed by atoms with E-state index in [1.54, 1.807) is 28.8 Å². The Morgan fingerprint density at radius 2 is 1.02 bits per heavy atom. The summed E-state index contributed by atoms with van der Waals surface area (Å²) in [5, 5.41) is 1.51. The lowest BCUT2D eigenvalue weighted by molar-refractivity contribution is 0.436. The molecule has 0 saturated carbocycles. The van der Waals surface area contributed by atoms with Crippen molar-refractivity contribution in [1.82, 2.24) is 4.57 Å². The van der Waals surface area contributed by atoms with Crippen molar-refractivity contribution < 1.29 is 30.8 Å². The number of aromatic nitrogens is 1. The SMILES string of the molecule is [2H]c1c([2H])c([2H])c2c(c1[2H])Oc1c([2H])c([2H])c(-c3c([2H])c([2H])c(-n4c5ccccc5c5ccccc54)c([2H])c3[2H])c([2H])c1C21c2c([2H])c([2H])c([2H])c([2H])c2-c2c([2H])c([2H])c([2H])c([2H])c21. The highest BCUT2D eigenvalue weighted by atomic mass is 16.5. The average molecular weight is 593 g/mol. The van der Waals surface area contributed by atoms with Crippen molar-refractivity contribution in [3.05, 3.63) is 186 Å². The molecular weight excluding hydrogens is 546 g/mol. The molecule has 1 spiro atoms. The second kappa shape index (κ2) is 9.07. The summed E-state index contributed by atoms with van der Waals surface area (Å²) in [6.07, 6.45) is 0. The van der Waals surface area contributed by atoms with Crippen LogP contribution in [0.15, 0.2) is 163 Å². The van der Waals surface area contributed by atoms with Gasteiger partial charge >= 0.3 is 0 Å². The fraction of sp³-hybridized carbons (Fsp3) is 0.0233. The molecule has 0 atom stereocenters. The number of para-hydroxylation sites is 3. The van der Waals surface area contributed by atoms with Gasteiger partial charge in [-0.25, -0.2) is 0 Å². The van der Waals surface area contributed by atoms with Crippen LogP contribution in [-0.4, -0.2) is 4.57 Å². The van der Waals surface area contributed by atoms with E-state index in [1.165, 1.54) is 0 Å². The first kappa shape index (κ1) is 12.6. The fourth-order valence-electron chi connectivity index (χ4n) is 6.62. The Balaban J connectivity index is 1.42. The highest BCUT2D eigenvalue weighted by Crippen LogP contribution is 2.62. The molecule has 2 heterocycles. The molecule has 1 aromatic heterocycles. The Morgan fingerprint density at radius 1 is 0.489 bits per heavy atom. The molecule has 210 valence electrons. The molecule has 1 aliphatic carbocycles. The number of ether oxygens (including phenoxy) is 1. The summed E-state index contributed by atoms with van der Waals surface area (Å²) in [6, 6.07) is -1.21. The minimum absolute atomic E-state index is 0.173. The first-order valence-corrected chi connectivity index (χ1v) is 14.0. The summed E-state index contributed by atoms with van der Waals surface area (Å²) < 4.78 is 182. The molecule has 0 fully saturated rings. The molecule has 7 aromatic carbocycles. The molecule has 0 saturated heterocycles. The predicted molar refractivity (Wildman–Crippen MR) is 184 cm³/mol. The lowest BCUT2D eigenvalue weighted by Gasteiger charge is -2.39. The molecular formula is C43H27NO. The highest BCUT2D eigenvalue weighted by Gasteiger charge is 2.50. The minimum Gasteiger partial charge on any atom is -0.457 e. The molecule has 2 aliphatic rings. The van der Waals surface area contributed by atoms with Crippen LogP contribution in [0.25, 0.3) is 49.7 Å². The van der Waals surface area contributed by atoms with Gasteiger partial charge in [0.05, 0.1) is 42.5 Å². The van der Waals surface area contributed by atoms with Gasteiger partial charge in [-0.1, -0.05) is 121 Å². The Labute approximate surface area is 288 Å². The molecule has 0 radical (unpaired) electrons. The van der Waals surface area contributed by atoms with E-state index in [1.807, 2.05) is 24.3 Å². The monoisotopic (exact) mass is 592 g/mol. The number of hydrogen-bond acceptors (Lipinski definition) is 1. The highest BCUT2D eigenvalue weighted by molar-refractivity contribution is 6.09. The van der Waals surface area contributed by atoms with E-state index in [0.717, 1.165) is 10.8 Å². The van der Waals surface area contributed by atoms with Crippen molar-refractivity contribution in [3.8, 4) is 39.4 Å². The molecule has 8 aromatic rings. The van der Waals surface area contributed by atoms with Crippen LogP contribution in [0.3, 0.4) is 0 Å². The topological polar surface area (TPSA) is 14.2 Å². The zero-order valence-electron chi connectivity index (χ0n) is 42.0. The van der Waals surface area contributed by atoms with Gasteiger partial charge in [-0.05, 0) is 75.7 Å². The van der Waals surface area contributed by atoms with Crippen LogP contribution in [0.2, 0.25) is 0 Å². The molecule has 10 rings (SSSR count). The Morgan fingerprint density at radius 3 is 1.69 bits per heavy atom. The lowest BCUT2D eigenvalue weighted by Crippen LogP contribution is -2.32. The van der Waals surface area contributed by atoms with Crippen LogP contribution in [0.4, 0.5) is 0 Å². The van der Waals surface area contributed by atoms with Gasteiger partial charge in [0.1, 0.15) is 11.5 Å². The molecule has 2 nitrogen and oxygen atoms in total. The number of rotatable bonds is 2. The third-order valence-corrected chi connectivity index (χ3v) is 8.43. The molecule has 0 N–H and O–H groups in total. The normalized spacial score (nSPS) is 19.6. The summed E-state index contributed by atoms with van der Waals surface area (Å²) >= 11 is 0.